The average Bonchev–Trinajstić information content (AvgIpc) is 2.11. The minimum absolute atomic E-state index is 0.0634. The van der Waals surface area contributed by atoms with Gasteiger partial charge in [0.15, 0.2) is 0 Å². The minimum Gasteiger partial charge on any atom is -0.395 e. The largest absolute Gasteiger partial charge is 0.395 e. The molecule has 1 N–H and O–H groups in total. The molecule has 2 heteroatoms. The van der Waals surface area contributed by atoms with Crippen molar-refractivity contribution in [3.63, 3.8) is 0 Å². The van der Waals surface area contributed by atoms with Gasteiger partial charge in [-0.3, -0.25) is 0 Å². The molecule has 1 saturated carbocycles. The predicted octanol–water partition coefficient (Wildman–Crippen LogP) is 3.17. The highest BCUT2D eigenvalue weighted by molar-refractivity contribution is 9.10. The van der Waals surface area contributed by atoms with E-state index < -0.39 is 0 Å². The molecular weight excluding hydrogens is 240 g/mol. The van der Waals surface area contributed by atoms with Gasteiger partial charge in [-0.25, -0.2) is 0 Å². The van der Waals surface area contributed by atoms with E-state index in [1.54, 1.807) is 0 Å². The van der Waals surface area contributed by atoms with Crippen LogP contribution in [0.3, 0.4) is 0 Å². The first kappa shape index (κ1) is 10.2. The van der Waals surface area contributed by atoms with E-state index in [-0.39, 0.29) is 12.0 Å². The maximum Gasteiger partial charge on any atom is 0.0528 e. The molecule has 0 heterocycles. The van der Waals surface area contributed by atoms with Crippen molar-refractivity contribution in [2.75, 3.05) is 6.61 Å². The Morgan fingerprint density at radius 3 is 2.64 bits per heavy atom. The van der Waals surface area contributed by atoms with Crippen LogP contribution in [0.25, 0.3) is 0 Å². The average molecular weight is 255 g/mol. The number of benzene rings is 1. The summed E-state index contributed by atoms with van der Waals surface area (Å²) in [6, 6.07) is 6.26. The molecule has 0 saturated heterocycles. The second-order valence-electron chi connectivity index (χ2n) is 4.20. The van der Waals surface area contributed by atoms with Crippen molar-refractivity contribution >= 4 is 15.9 Å². The summed E-state index contributed by atoms with van der Waals surface area (Å²) >= 11 is 3.54. The Hall–Kier alpha value is -0.340. The Balaban J connectivity index is 2.45. The molecule has 0 spiro atoms. The Morgan fingerprint density at radius 2 is 2.14 bits per heavy atom. The minimum atomic E-state index is 0.0634. The molecule has 1 aliphatic rings. The molecule has 2 rings (SSSR count). The van der Waals surface area contributed by atoms with Crippen LogP contribution >= 0.6 is 15.9 Å². The topological polar surface area (TPSA) is 20.2 Å². The number of rotatable bonds is 2. The first-order valence-electron chi connectivity index (χ1n) is 5.06. The summed E-state index contributed by atoms with van der Waals surface area (Å²) in [4.78, 5) is 0. The van der Waals surface area contributed by atoms with E-state index in [1.165, 1.54) is 17.5 Å². The standard InChI is InChI=1S/C12H15BrO/c1-9-10(4-2-5-11(9)13)12(8-14)6-3-7-12/h2,4-5,14H,3,6-8H2,1H3. The molecule has 0 atom stereocenters. The monoisotopic (exact) mass is 254 g/mol. The highest BCUT2D eigenvalue weighted by atomic mass is 79.9. The van der Waals surface area contributed by atoms with E-state index in [0.717, 1.165) is 17.3 Å². The van der Waals surface area contributed by atoms with Crippen LogP contribution in [0.2, 0.25) is 0 Å². The fourth-order valence-corrected chi connectivity index (χ4v) is 2.66. The van der Waals surface area contributed by atoms with Gasteiger partial charge in [0.05, 0.1) is 6.61 Å². The predicted molar refractivity (Wildman–Crippen MR) is 61.5 cm³/mol. The summed E-state index contributed by atoms with van der Waals surface area (Å²) in [6.07, 6.45) is 3.49. The van der Waals surface area contributed by atoms with Gasteiger partial charge in [0.1, 0.15) is 0 Å². The fourth-order valence-electron chi connectivity index (χ4n) is 2.30. The molecule has 0 radical (unpaired) electrons. The van der Waals surface area contributed by atoms with Crippen LogP contribution < -0.4 is 0 Å². The van der Waals surface area contributed by atoms with Gasteiger partial charge in [-0.15, -0.1) is 0 Å². The van der Waals surface area contributed by atoms with Gasteiger partial charge in [-0.05, 0) is 37.0 Å². The van der Waals surface area contributed by atoms with Crippen LogP contribution in [0.15, 0.2) is 22.7 Å². The first-order valence-corrected chi connectivity index (χ1v) is 5.85. The number of aliphatic hydroxyl groups excluding tert-OH is 1. The Labute approximate surface area is 93.3 Å². The zero-order valence-corrected chi connectivity index (χ0v) is 9.97. The molecule has 1 nitrogen and oxygen atoms in total. The third-order valence-corrected chi connectivity index (χ3v) is 4.31. The van der Waals surface area contributed by atoms with Crippen LogP contribution in [0, 0.1) is 6.92 Å². The van der Waals surface area contributed by atoms with Gasteiger partial charge in [0, 0.05) is 9.89 Å². The number of halogens is 1. The Morgan fingerprint density at radius 1 is 1.43 bits per heavy atom. The van der Waals surface area contributed by atoms with Gasteiger partial charge in [0.2, 0.25) is 0 Å². The normalized spacial score (nSPS) is 19.1. The van der Waals surface area contributed by atoms with Gasteiger partial charge in [-0.1, -0.05) is 34.5 Å². The highest BCUT2D eigenvalue weighted by Gasteiger charge is 2.39. The zero-order chi connectivity index (χ0) is 10.2. The van der Waals surface area contributed by atoms with Crippen LogP contribution in [0.1, 0.15) is 30.4 Å². The van der Waals surface area contributed by atoms with Gasteiger partial charge >= 0.3 is 0 Å². The summed E-state index contributed by atoms with van der Waals surface area (Å²) in [5.41, 5.74) is 2.66. The van der Waals surface area contributed by atoms with Gasteiger partial charge in [0.25, 0.3) is 0 Å². The lowest BCUT2D eigenvalue weighted by atomic mass is 9.64. The van der Waals surface area contributed by atoms with Crippen molar-refractivity contribution < 1.29 is 5.11 Å². The fraction of sp³-hybridized carbons (Fsp3) is 0.500. The van der Waals surface area contributed by atoms with E-state index in [9.17, 15) is 5.11 Å². The molecule has 1 aromatic rings. The third kappa shape index (κ3) is 1.41. The van der Waals surface area contributed by atoms with Crippen LogP contribution in [0.4, 0.5) is 0 Å². The molecule has 14 heavy (non-hydrogen) atoms. The second-order valence-corrected chi connectivity index (χ2v) is 5.06. The molecule has 0 aromatic heterocycles. The summed E-state index contributed by atoms with van der Waals surface area (Å²) in [5.74, 6) is 0. The molecule has 0 aliphatic heterocycles. The molecule has 1 aromatic carbocycles. The zero-order valence-electron chi connectivity index (χ0n) is 8.39. The van der Waals surface area contributed by atoms with Gasteiger partial charge < -0.3 is 5.11 Å². The maximum absolute atomic E-state index is 9.49. The van der Waals surface area contributed by atoms with Crippen LogP contribution in [-0.2, 0) is 5.41 Å². The van der Waals surface area contributed by atoms with Crippen molar-refractivity contribution in [2.24, 2.45) is 0 Å². The summed E-state index contributed by atoms with van der Waals surface area (Å²) in [6.45, 7) is 2.40. The number of aliphatic hydroxyl groups is 1. The van der Waals surface area contributed by atoms with Crippen LogP contribution in [-0.4, -0.2) is 11.7 Å². The number of hydrogen-bond donors (Lipinski definition) is 1. The SMILES string of the molecule is Cc1c(Br)cccc1C1(CO)CCC1. The first-order chi connectivity index (χ1) is 6.69. The Bertz CT molecular complexity index is 337. The summed E-state index contributed by atoms with van der Waals surface area (Å²) < 4.78 is 1.15. The van der Waals surface area contributed by atoms with Crippen molar-refractivity contribution in [1.82, 2.24) is 0 Å². The molecule has 0 bridgehead atoms. The Kier molecular flexibility index (Phi) is 2.67. The van der Waals surface area contributed by atoms with E-state index in [0.29, 0.717) is 0 Å². The van der Waals surface area contributed by atoms with Crippen molar-refractivity contribution in [3.05, 3.63) is 33.8 Å². The van der Waals surface area contributed by atoms with Crippen LogP contribution in [0.5, 0.6) is 0 Å². The molecule has 1 fully saturated rings. The smallest absolute Gasteiger partial charge is 0.0528 e. The van der Waals surface area contributed by atoms with Crippen molar-refractivity contribution in [1.29, 1.82) is 0 Å². The summed E-state index contributed by atoms with van der Waals surface area (Å²) in [7, 11) is 0. The quantitative estimate of drug-likeness (QED) is 0.860. The summed E-state index contributed by atoms with van der Waals surface area (Å²) in [5, 5.41) is 9.49. The van der Waals surface area contributed by atoms with E-state index in [2.05, 4.69) is 41.1 Å². The highest BCUT2D eigenvalue weighted by Crippen LogP contribution is 2.45. The van der Waals surface area contributed by atoms with Crippen molar-refractivity contribution in [2.45, 2.75) is 31.6 Å². The molecule has 76 valence electrons. The third-order valence-electron chi connectivity index (χ3n) is 3.45. The number of hydrogen-bond acceptors (Lipinski definition) is 1. The molecule has 0 unspecified atom stereocenters. The van der Waals surface area contributed by atoms with E-state index in [4.69, 9.17) is 0 Å². The van der Waals surface area contributed by atoms with Gasteiger partial charge in [-0.2, -0.15) is 0 Å². The lowest BCUT2D eigenvalue weighted by molar-refractivity contribution is 0.119. The maximum atomic E-state index is 9.49. The lowest BCUT2D eigenvalue weighted by Crippen LogP contribution is -2.38. The van der Waals surface area contributed by atoms with E-state index >= 15 is 0 Å². The van der Waals surface area contributed by atoms with E-state index in [1.807, 2.05) is 0 Å². The van der Waals surface area contributed by atoms with Crippen molar-refractivity contribution in [3.8, 4) is 0 Å². The molecule has 1 aliphatic carbocycles. The molecular formula is C12H15BrO. The molecule has 0 amide bonds. The second kappa shape index (κ2) is 3.67. The lowest BCUT2D eigenvalue weighted by Gasteiger charge is -2.42.